The lowest BCUT2D eigenvalue weighted by molar-refractivity contribution is -0.0308. The predicted octanol–water partition coefficient (Wildman–Crippen LogP) is 2.11. The van der Waals surface area contributed by atoms with Gasteiger partial charge in [-0.1, -0.05) is 25.8 Å². The molecule has 0 radical (unpaired) electrons. The van der Waals surface area contributed by atoms with Gasteiger partial charge in [-0.2, -0.15) is 0 Å². The Hall–Kier alpha value is -0.380. The molecule has 3 nitrogen and oxygen atoms in total. The molecule has 0 bridgehead atoms. The van der Waals surface area contributed by atoms with Crippen molar-refractivity contribution in [3.05, 3.63) is 12.7 Å². The van der Waals surface area contributed by atoms with Crippen LogP contribution < -0.4 is 5.32 Å². The summed E-state index contributed by atoms with van der Waals surface area (Å²) in [6.07, 6.45) is 6.63. The molecule has 2 N–H and O–H groups in total. The van der Waals surface area contributed by atoms with Crippen LogP contribution in [-0.2, 0) is 4.74 Å². The van der Waals surface area contributed by atoms with Gasteiger partial charge in [-0.3, -0.25) is 0 Å². The van der Waals surface area contributed by atoms with E-state index in [-0.39, 0.29) is 6.04 Å². The van der Waals surface area contributed by atoms with Crippen molar-refractivity contribution in [3.63, 3.8) is 0 Å². The molecule has 17 heavy (non-hydrogen) atoms. The molecule has 0 saturated heterocycles. The minimum Gasteiger partial charge on any atom is -0.389 e. The summed E-state index contributed by atoms with van der Waals surface area (Å²) in [7, 11) is 0. The number of aliphatic hydroxyl groups is 1. The Morgan fingerprint density at radius 2 is 2.29 bits per heavy atom. The zero-order valence-electron chi connectivity index (χ0n) is 11.2. The molecule has 4 atom stereocenters. The smallest absolute Gasteiger partial charge is 0.0898 e. The van der Waals surface area contributed by atoms with Crippen LogP contribution in [0.4, 0.5) is 0 Å². The highest BCUT2D eigenvalue weighted by atomic mass is 16.5. The lowest BCUT2D eigenvalue weighted by atomic mass is 9.89. The maximum Gasteiger partial charge on any atom is 0.0898 e. The first kappa shape index (κ1) is 14.7. The molecule has 1 aliphatic rings. The normalized spacial score (nSPS) is 28.6. The summed E-state index contributed by atoms with van der Waals surface area (Å²) < 4.78 is 5.77. The van der Waals surface area contributed by atoms with Gasteiger partial charge in [0.15, 0.2) is 0 Å². The van der Waals surface area contributed by atoms with Gasteiger partial charge in [0.2, 0.25) is 0 Å². The average Bonchev–Trinajstić information content (AvgIpc) is 2.33. The quantitative estimate of drug-likeness (QED) is 0.671. The number of nitrogens with one attached hydrogen (secondary N) is 1. The van der Waals surface area contributed by atoms with Gasteiger partial charge >= 0.3 is 0 Å². The third-order valence-corrected chi connectivity index (χ3v) is 3.44. The van der Waals surface area contributed by atoms with Crippen molar-refractivity contribution in [2.45, 2.75) is 57.8 Å². The Bertz CT molecular complexity index is 220. The fourth-order valence-electron chi connectivity index (χ4n) is 2.24. The first-order valence-corrected chi connectivity index (χ1v) is 6.77. The maximum absolute atomic E-state index is 9.77. The van der Waals surface area contributed by atoms with E-state index in [1.54, 1.807) is 0 Å². The predicted molar refractivity (Wildman–Crippen MR) is 71.0 cm³/mol. The van der Waals surface area contributed by atoms with Crippen molar-refractivity contribution in [1.82, 2.24) is 5.32 Å². The number of ether oxygens (including phenoxy) is 1. The molecule has 1 rings (SSSR count). The van der Waals surface area contributed by atoms with E-state index in [4.69, 9.17) is 4.74 Å². The highest BCUT2D eigenvalue weighted by molar-refractivity contribution is 4.82. The van der Waals surface area contributed by atoms with Gasteiger partial charge in [0.1, 0.15) is 0 Å². The lowest BCUT2D eigenvalue weighted by Gasteiger charge is -2.27. The van der Waals surface area contributed by atoms with Crippen LogP contribution in [0.5, 0.6) is 0 Å². The Balaban J connectivity index is 2.10. The Morgan fingerprint density at radius 1 is 1.53 bits per heavy atom. The number of hydrogen-bond acceptors (Lipinski definition) is 3. The SMILES string of the molecule is C=CC(C)NCC(O)COC1CCCC(C)C1. The van der Waals surface area contributed by atoms with Crippen LogP contribution in [0.15, 0.2) is 12.7 Å². The fraction of sp³-hybridized carbons (Fsp3) is 0.857. The molecule has 0 aromatic carbocycles. The second-order valence-corrected chi connectivity index (χ2v) is 5.31. The highest BCUT2D eigenvalue weighted by Gasteiger charge is 2.20. The van der Waals surface area contributed by atoms with Crippen molar-refractivity contribution in [1.29, 1.82) is 0 Å². The zero-order chi connectivity index (χ0) is 12.7. The summed E-state index contributed by atoms with van der Waals surface area (Å²) >= 11 is 0. The monoisotopic (exact) mass is 241 g/mol. The molecule has 0 heterocycles. The van der Waals surface area contributed by atoms with E-state index in [1.807, 2.05) is 13.0 Å². The van der Waals surface area contributed by atoms with Crippen molar-refractivity contribution in [3.8, 4) is 0 Å². The standard InChI is InChI=1S/C14H27NO2/c1-4-12(3)15-9-13(16)10-17-14-7-5-6-11(2)8-14/h4,11-16H,1,5-10H2,2-3H3. The molecule has 4 unspecified atom stereocenters. The highest BCUT2D eigenvalue weighted by Crippen LogP contribution is 2.25. The molecule has 1 fully saturated rings. The van der Waals surface area contributed by atoms with E-state index < -0.39 is 6.10 Å². The van der Waals surface area contributed by atoms with Crippen LogP contribution in [0.25, 0.3) is 0 Å². The summed E-state index contributed by atoms with van der Waals surface area (Å²) in [6, 6.07) is 0.236. The molecule has 0 aromatic rings. The van der Waals surface area contributed by atoms with E-state index in [0.717, 1.165) is 18.8 Å². The summed E-state index contributed by atoms with van der Waals surface area (Å²) in [5.74, 6) is 0.768. The van der Waals surface area contributed by atoms with E-state index in [9.17, 15) is 5.11 Å². The molecule has 1 saturated carbocycles. The third-order valence-electron chi connectivity index (χ3n) is 3.44. The van der Waals surface area contributed by atoms with Gasteiger partial charge in [-0.05, 0) is 25.7 Å². The number of hydrogen-bond donors (Lipinski definition) is 2. The maximum atomic E-state index is 9.77. The van der Waals surface area contributed by atoms with Crippen LogP contribution in [-0.4, -0.2) is 36.5 Å². The van der Waals surface area contributed by atoms with Gasteiger partial charge in [0.05, 0.1) is 18.8 Å². The van der Waals surface area contributed by atoms with Gasteiger partial charge in [0, 0.05) is 12.6 Å². The molecule has 3 heteroatoms. The second kappa shape index (κ2) is 7.85. The van der Waals surface area contributed by atoms with Crippen molar-refractivity contribution in [2.75, 3.05) is 13.2 Å². The first-order valence-electron chi connectivity index (χ1n) is 6.77. The minimum atomic E-state index is -0.422. The van der Waals surface area contributed by atoms with Crippen LogP contribution in [0.3, 0.4) is 0 Å². The first-order chi connectivity index (χ1) is 8.11. The van der Waals surface area contributed by atoms with Crippen LogP contribution in [0.1, 0.15) is 39.5 Å². The van der Waals surface area contributed by atoms with Crippen molar-refractivity contribution < 1.29 is 9.84 Å². The molecule has 0 aromatic heterocycles. The van der Waals surface area contributed by atoms with Crippen LogP contribution in [0.2, 0.25) is 0 Å². The largest absolute Gasteiger partial charge is 0.389 e. The summed E-state index contributed by atoms with van der Waals surface area (Å²) in [5, 5.41) is 12.9. The summed E-state index contributed by atoms with van der Waals surface area (Å²) in [5.41, 5.74) is 0. The van der Waals surface area contributed by atoms with Gasteiger partial charge in [0.25, 0.3) is 0 Å². The van der Waals surface area contributed by atoms with Gasteiger partial charge in [-0.25, -0.2) is 0 Å². The number of rotatable bonds is 7. The zero-order valence-corrected chi connectivity index (χ0v) is 11.2. The molecule has 0 amide bonds. The van der Waals surface area contributed by atoms with E-state index in [2.05, 4.69) is 18.8 Å². The topological polar surface area (TPSA) is 41.5 Å². The Labute approximate surface area is 105 Å². The molecule has 0 aliphatic heterocycles. The molecular formula is C14H27NO2. The molecule has 0 spiro atoms. The van der Waals surface area contributed by atoms with Gasteiger partial charge < -0.3 is 15.2 Å². The minimum absolute atomic E-state index is 0.236. The Morgan fingerprint density at radius 3 is 2.94 bits per heavy atom. The third kappa shape index (κ3) is 6.20. The molecule has 100 valence electrons. The average molecular weight is 241 g/mol. The van der Waals surface area contributed by atoms with E-state index in [1.165, 1.54) is 12.8 Å². The van der Waals surface area contributed by atoms with E-state index in [0.29, 0.717) is 19.3 Å². The van der Waals surface area contributed by atoms with Crippen molar-refractivity contribution >= 4 is 0 Å². The molecule has 1 aliphatic carbocycles. The summed E-state index contributed by atoms with van der Waals surface area (Å²) in [6.45, 7) is 8.99. The lowest BCUT2D eigenvalue weighted by Crippen LogP contribution is -2.36. The molecular weight excluding hydrogens is 214 g/mol. The van der Waals surface area contributed by atoms with Crippen LogP contribution >= 0.6 is 0 Å². The van der Waals surface area contributed by atoms with Gasteiger partial charge in [-0.15, -0.1) is 6.58 Å². The van der Waals surface area contributed by atoms with Crippen LogP contribution in [0, 0.1) is 5.92 Å². The fourth-order valence-corrected chi connectivity index (χ4v) is 2.24. The van der Waals surface area contributed by atoms with E-state index >= 15 is 0 Å². The Kier molecular flexibility index (Phi) is 6.78. The number of aliphatic hydroxyl groups excluding tert-OH is 1. The summed E-state index contributed by atoms with van der Waals surface area (Å²) in [4.78, 5) is 0. The van der Waals surface area contributed by atoms with Crippen molar-refractivity contribution in [2.24, 2.45) is 5.92 Å². The second-order valence-electron chi connectivity index (χ2n) is 5.31.